The van der Waals surface area contributed by atoms with Crippen molar-refractivity contribution < 1.29 is 9.53 Å². The first-order valence-corrected chi connectivity index (χ1v) is 9.14. The summed E-state index contributed by atoms with van der Waals surface area (Å²) in [6.45, 7) is 7.97. The predicted octanol–water partition coefficient (Wildman–Crippen LogP) is 4.42. The Morgan fingerprint density at radius 2 is 1.92 bits per heavy atom. The minimum Gasteiger partial charge on any atom is -0.381 e. The number of H-pyrrole nitrogens is 1. The van der Waals surface area contributed by atoms with E-state index in [1.807, 2.05) is 39.0 Å². The molecule has 1 heterocycles. The molecular weight excluding hydrogens is 314 g/mol. The Labute approximate surface area is 149 Å². The van der Waals surface area contributed by atoms with Gasteiger partial charge in [0, 0.05) is 29.7 Å². The Morgan fingerprint density at radius 1 is 1.20 bits per heavy atom. The first-order chi connectivity index (χ1) is 11.9. The highest BCUT2D eigenvalue weighted by Crippen LogP contribution is 2.23. The van der Waals surface area contributed by atoms with Crippen molar-refractivity contribution in [3.05, 3.63) is 45.2 Å². The van der Waals surface area contributed by atoms with Gasteiger partial charge < -0.3 is 9.72 Å². The number of ether oxygens (including phenoxy) is 1. The van der Waals surface area contributed by atoms with E-state index in [9.17, 15) is 9.59 Å². The van der Waals surface area contributed by atoms with Crippen molar-refractivity contribution >= 4 is 16.7 Å². The van der Waals surface area contributed by atoms with E-state index in [-0.39, 0.29) is 23.4 Å². The normalized spacial score (nSPS) is 13.8. The fraction of sp³-hybridized carbons (Fsp3) is 0.524. The van der Waals surface area contributed by atoms with Gasteiger partial charge in [0.2, 0.25) is 0 Å². The Morgan fingerprint density at radius 3 is 2.52 bits per heavy atom. The molecule has 2 unspecified atom stereocenters. The van der Waals surface area contributed by atoms with Gasteiger partial charge in [-0.25, -0.2) is 0 Å². The summed E-state index contributed by atoms with van der Waals surface area (Å²) in [7, 11) is 1.72. The first-order valence-electron chi connectivity index (χ1n) is 9.14. The highest BCUT2D eigenvalue weighted by molar-refractivity contribution is 6.02. The van der Waals surface area contributed by atoms with Crippen LogP contribution in [0.1, 0.15) is 61.5 Å². The van der Waals surface area contributed by atoms with E-state index >= 15 is 0 Å². The molecule has 25 heavy (non-hydrogen) atoms. The molecule has 1 N–H and O–H groups in total. The molecule has 0 aliphatic rings. The minimum atomic E-state index is -0.0491. The molecule has 0 aliphatic heterocycles. The van der Waals surface area contributed by atoms with Gasteiger partial charge in [-0.2, -0.15) is 0 Å². The van der Waals surface area contributed by atoms with Gasteiger partial charge >= 0.3 is 0 Å². The van der Waals surface area contributed by atoms with E-state index in [1.54, 1.807) is 7.11 Å². The Hall–Kier alpha value is -1.94. The second-order valence-electron chi connectivity index (χ2n) is 6.84. The lowest BCUT2D eigenvalue weighted by atomic mass is 9.90. The van der Waals surface area contributed by atoms with Crippen molar-refractivity contribution in [1.29, 1.82) is 0 Å². The molecule has 2 atom stereocenters. The lowest BCUT2D eigenvalue weighted by Gasteiger charge is -2.17. The van der Waals surface area contributed by atoms with Crippen molar-refractivity contribution in [2.75, 3.05) is 7.11 Å². The number of aromatic nitrogens is 1. The lowest BCUT2D eigenvalue weighted by Crippen LogP contribution is -2.17. The van der Waals surface area contributed by atoms with Crippen LogP contribution in [0.15, 0.2) is 23.0 Å². The van der Waals surface area contributed by atoms with Crippen LogP contribution in [0.25, 0.3) is 10.9 Å². The molecule has 0 aliphatic carbocycles. The third-order valence-electron chi connectivity index (χ3n) is 5.07. The lowest BCUT2D eigenvalue weighted by molar-refractivity contribution is 0.0792. The number of benzene rings is 1. The van der Waals surface area contributed by atoms with E-state index < -0.39 is 0 Å². The van der Waals surface area contributed by atoms with Crippen molar-refractivity contribution in [2.24, 2.45) is 5.92 Å². The summed E-state index contributed by atoms with van der Waals surface area (Å²) in [5, 5.41) is 0.918. The van der Waals surface area contributed by atoms with Gasteiger partial charge in [-0.3, -0.25) is 9.59 Å². The molecule has 0 fully saturated rings. The maximum atomic E-state index is 12.9. The summed E-state index contributed by atoms with van der Waals surface area (Å²) in [5.74, 6) is 0.114. The molecular formula is C21H29NO3. The van der Waals surface area contributed by atoms with Crippen LogP contribution in [0, 0.1) is 12.8 Å². The number of aryl methyl sites for hydroxylation is 2. The molecule has 136 valence electrons. The standard InChI is InChI=1S/C21H29NO3/c1-6-15-11-16-12-18(14(4)10-19(16)22-21(15)24)20(23)13(3)8-9-17(7-2)25-5/h10-13,17H,6-9H2,1-5H3,(H,22,24). The molecule has 0 saturated carbocycles. The molecule has 1 aromatic carbocycles. The van der Waals surface area contributed by atoms with E-state index in [0.717, 1.165) is 46.9 Å². The van der Waals surface area contributed by atoms with Crippen molar-refractivity contribution in [1.82, 2.24) is 4.98 Å². The van der Waals surface area contributed by atoms with Gasteiger partial charge in [-0.1, -0.05) is 20.8 Å². The van der Waals surface area contributed by atoms with Crippen LogP contribution < -0.4 is 5.56 Å². The highest BCUT2D eigenvalue weighted by Gasteiger charge is 2.19. The van der Waals surface area contributed by atoms with Gasteiger partial charge in [0.05, 0.1) is 6.10 Å². The number of methoxy groups -OCH3 is 1. The van der Waals surface area contributed by atoms with E-state index in [2.05, 4.69) is 11.9 Å². The van der Waals surface area contributed by atoms with Crippen LogP contribution in [-0.2, 0) is 11.2 Å². The van der Waals surface area contributed by atoms with Crippen molar-refractivity contribution in [3.8, 4) is 0 Å². The van der Waals surface area contributed by atoms with Crippen LogP contribution in [-0.4, -0.2) is 24.0 Å². The number of ketones is 1. The first kappa shape index (κ1) is 19.4. The summed E-state index contributed by atoms with van der Waals surface area (Å²) in [6.07, 6.45) is 3.55. The minimum absolute atomic E-state index is 0.0474. The quantitative estimate of drug-likeness (QED) is 0.722. The number of Topliss-reactive ketones (excluding diaryl/α,β-unsaturated/α-hetero) is 1. The SMILES string of the molecule is CCc1cc2cc(C(=O)C(C)CCC(CC)OC)c(C)cc2[nH]c1=O. The van der Waals surface area contributed by atoms with Crippen LogP contribution >= 0.6 is 0 Å². The molecule has 0 radical (unpaired) electrons. The van der Waals surface area contributed by atoms with Crippen LogP contribution in [0.4, 0.5) is 0 Å². The number of pyridine rings is 1. The van der Waals surface area contributed by atoms with Crippen LogP contribution in [0.5, 0.6) is 0 Å². The van der Waals surface area contributed by atoms with E-state index in [4.69, 9.17) is 4.74 Å². The molecule has 2 rings (SSSR count). The number of hydrogen-bond donors (Lipinski definition) is 1. The Kier molecular flexibility index (Phi) is 6.54. The topological polar surface area (TPSA) is 59.2 Å². The van der Waals surface area contributed by atoms with Crippen molar-refractivity contribution in [2.45, 2.75) is 59.5 Å². The Balaban J connectivity index is 2.29. The van der Waals surface area contributed by atoms with Gasteiger partial charge in [0.1, 0.15) is 0 Å². The average Bonchev–Trinajstić information content (AvgIpc) is 2.60. The summed E-state index contributed by atoms with van der Waals surface area (Å²) in [5.41, 5.74) is 3.14. The second-order valence-corrected chi connectivity index (χ2v) is 6.84. The number of fused-ring (bicyclic) bond motifs is 1. The van der Waals surface area contributed by atoms with E-state index in [1.165, 1.54) is 0 Å². The fourth-order valence-electron chi connectivity index (χ4n) is 3.26. The number of rotatable bonds is 8. The predicted molar refractivity (Wildman–Crippen MR) is 103 cm³/mol. The molecule has 0 spiro atoms. The van der Waals surface area contributed by atoms with Crippen LogP contribution in [0.2, 0.25) is 0 Å². The molecule has 0 saturated heterocycles. The summed E-state index contributed by atoms with van der Waals surface area (Å²) in [4.78, 5) is 27.8. The summed E-state index contributed by atoms with van der Waals surface area (Å²) < 4.78 is 5.41. The highest BCUT2D eigenvalue weighted by atomic mass is 16.5. The zero-order valence-electron chi connectivity index (χ0n) is 15.9. The van der Waals surface area contributed by atoms with Gasteiger partial charge in [-0.05, 0) is 61.8 Å². The number of nitrogens with one attached hydrogen (secondary N) is 1. The van der Waals surface area contributed by atoms with Gasteiger partial charge in [0.25, 0.3) is 5.56 Å². The smallest absolute Gasteiger partial charge is 0.251 e. The fourth-order valence-corrected chi connectivity index (χ4v) is 3.26. The van der Waals surface area contributed by atoms with E-state index in [0.29, 0.717) is 6.42 Å². The van der Waals surface area contributed by atoms with Crippen LogP contribution in [0.3, 0.4) is 0 Å². The number of aromatic amines is 1. The van der Waals surface area contributed by atoms with Gasteiger partial charge in [-0.15, -0.1) is 0 Å². The number of carbonyl (C=O) groups excluding carboxylic acids is 1. The molecule has 2 aromatic rings. The van der Waals surface area contributed by atoms with Crippen molar-refractivity contribution in [3.63, 3.8) is 0 Å². The monoisotopic (exact) mass is 343 g/mol. The maximum Gasteiger partial charge on any atom is 0.251 e. The Bertz CT molecular complexity index is 803. The van der Waals surface area contributed by atoms with Gasteiger partial charge in [0.15, 0.2) is 5.78 Å². The molecule has 0 bridgehead atoms. The average molecular weight is 343 g/mol. The molecule has 1 aromatic heterocycles. The molecule has 4 nitrogen and oxygen atoms in total. The number of hydrogen-bond acceptors (Lipinski definition) is 3. The molecule has 4 heteroatoms. The molecule has 0 amide bonds. The second kappa shape index (κ2) is 8.43. The number of carbonyl (C=O) groups is 1. The maximum absolute atomic E-state index is 12.9. The third-order valence-corrected chi connectivity index (χ3v) is 5.07. The summed E-state index contributed by atoms with van der Waals surface area (Å²) in [6, 6.07) is 5.72. The zero-order chi connectivity index (χ0) is 18.6. The largest absolute Gasteiger partial charge is 0.381 e. The zero-order valence-corrected chi connectivity index (χ0v) is 15.9. The summed E-state index contributed by atoms with van der Waals surface area (Å²) >= 11 is 0. The third kappa shape index (κ3) is 4.37.